The summed E-state index contributed by atoms with van der Waals surface area (Å²) in [6, 6.07) is 11.0. The van der Waals surface area contributed by atoms with Gasteiger partial charge in [-0.15, -0.1) is 0 Å². The van der Waals surface area contributed by atoms with Crippen LogP contribution in [0.1, 0.15) is 50.1 Å². The maximum absolute atomic E-state index is 13.4. The summed E-state index contributed by atoms with van der Waals surface area (Å²) in [5, 5.41) is 7.68. The van der Waals surface area contributed by atoms with Gasteiger partial charge in [0.2, 0.25) is 5.91 Å². The molecule has 0 atom stereocenters. The number of nitrogens with zero attached hydrogens (tertiary/aromatic N) is 4. The first-order valence-electron chi connectivity index (χ1n) is 10.1. The van der Waals surface area contributed by atoms with E-state index < -0.39 is 5.41 Å². The Morgan fingerprint density at radius 2 is 1.81 bits per heavy atom. The van der Waals surface area contributed by atoms with Crippen molar-refractivity contribution in [2.45, 2.75) is 56.0 Å². The van der Waals surface area contributed by atoms with Crippen LogP contribution in [0.25, 0.3) is 0 Å². The van der Waals surface area contributed by atoms with Crippen LogP contribution in [-0.4, -0.2) is 51.8 Å². The minimum Gasteiger partial charge on any atom is -0.353 e. The van der Waals surface area contributed by atoms with Crippen LogP contribution < -0.4 is 5.32 Å². The summed E-state index contributed by atoms with van der Waals surface area (Å²) in [7, 11) is 2.14. The van der Waals surface area contributed by atoms with Crippen LogP contribution in [0, 0.1) is 0 Å². The summed E-state index contributed by atoms with van der Waals surface area (Å²) in [6.07, 6.45) is 9.23. The number of nitrogens with one attached hydrogen (secondary N) is 1. The summed E-state index contributed by atoms with van der Waals surface area (Å²) in [5.41, 5.74) is 0.767. The minimum atomic E-state index is -0.392. The maximum Gasteiger partial charge on any atom is 0.230 e. The summed E-state index contributed by atoms with van der Waals surface area (Å²) in [4.78, 5) is 19.8. The third-order valence-corrected chi connectivity index (χ3v) is 6.44. The quantitative estimate of drug-likeness (QED) is 0.902. The molecule has 4 rings (SSSR count). The lowest BCUT2D eigenvalue weighted by atomic mass is 9.71. The number of carbonyl (C=O) groups is 1. The van der Waals surface area contributed by atoms with Crippen molar-refractivity contribution in [2.24, 2.45) is 0 Å². The molecule has 0 radical (unpaired) electrons. The van der Waals surface area contributed by atoms with Gasteiger partial charge in [0.1, 0.15) is 12.7 Å². The number of carbonyl (C=O) groups excluding carboxylic acids is 1. The van der Waals surface area contributed by atoms with E-state index in [4.69, 9.17) is 0 Å². The largest absolute Gasteiger partial charge is 0.353 e. The fourth-order valence-electron chi connectivity index (χ4n) is 4.62. The number of aromatic nitrogens is 3. The number of hydrogen-bond acceptors (Lipinski definition) is 4. The predicted octanol–water partition coefficient (Wildman–Crippen LogP) is 2.54. The Kier molecular flexibility index (Phi) is 5.25. The number of likely N-dealkylation sites (tertiary alicyclic amines) is 1. The van der Waals surface area contributed by atoms with Crippen molar-refractivity contribution in [3.8, 4) is 0 Å². The highest BCUT2D eigenvalue weighted by Crippen LogP contribution is 2.36. The molecule has 1 N–H and O–H groups in total. The molecule has 1 aromatic heterocycles. The van der Waals surface area contributed by atoms with Gasteiger partial charge in [0, 0.05) is 6.04 Å². The van der Waals surface area contributed by atoms with Gasteiger partial charge in [-0.05, 0) is 64.2 Å². The second-order valence-corrected chi connectivity index (χ2v) is 8.11. The molecule has 0 spiro atoms. The third kappa shape index (κ3) is 3.76. The van der Waals surface area contributed by atoms with Crippen LogP contribution in [0.5, 0.6) is 0 Å². The van der Waals surface area contributed by atoms with E-state index in [0.29, 0.717) is 6.04 Å². The van der Waals surface area contributed by atoms with Gasteiger partial charge in [-0.1, -0.05) is 30.3 Å². The van der Waals surface area contributed by atoms with Gasteiger partial charge < -0.3 is 10.2 Å². The molecule has 6 heteroatoms. The summed E-state index contributed by atoms with van der Waals surface area (Å²) in [5.74, 6) is 0.214. The molecule has 1 aliphatic carbocycles. The molecule has 0 bridgehead atoms. The van der Waals surface area contributed by atoms with E-state index in [0.717, 1.165) is 57.2 Å². The van der Waals surface area contributed by atoms with E-state index in [1.54, 1.807) is 12.7 Å². The van der Waals surface area contributed by atoms with Crippen LogP contribution in [-0.2, 0) is 10.2 Å². The van der Waals surface area contributed by atoms with E-state index >= 15 is 0 Å². The molecule has 1 aliphatic heterocycles. The maximum atomic E-state index is 13.4. The molecule has 2 aliphatic rings. The Hall–Kier alpha value is -2.21. The SMILES string of the molecule is CN1CCC(C(=O)NC2CCC(n3cncn3)CC2)(c2ccccc2)CC1. The Morgan fingerprint density at radius 1 is 1.11 bits per heavy atom. The molecule has 1 saturated carbocycles. The van der Waals surface area contributed by atoms with Gasteiger partial charge in [0.15, 0.2) is 0 Å². The van der Waals surface area contributed by atoms with Crippen molar-refractivity contribution in [2.75, 3.05) is 20.1 Å². The van der Waals surface area contributed by atoms with Crippen molar-refractivity contribution in [3.63, 3.8) is 0 Å². The lowest BCUT2D eigenvalue weighted by Crippen LogP contribution is -2.53. The zero-order chi connectivity index (χ0) is 18.7. The highest BCUT2D eigenvalue weighted by molar-refractivity contribution is 5.88. The van der Waals surface area contributed by atoms with Gasteiger partial charge in [0.05, 0.1) is 11.5 Å². The lowest BCUT2D eigenvalue weighted by Gasteiger charge is -2.41. The van der Waals surface area contributed by atoms with E-state index in [9.17, 15) is 4.79 Å². The zero-order valence-corrected chi connectivity index (χ0v) is 16.1. The van der Waals surface area contributed by atoms with Crippen LogP contribution in [0.4, 0.5) is 0 Å². The Balaban J connectivity index is 1.44. The third-order valence-electron chi connectivity index (χ3n) is 6.44. The second-order valence-electron chi connectivity index (χ2n) is 8.11. The van der Waals surface area contributed by atoms with E-state index in [-0.39, 0.29) is 11.9 Å². The monoisotopic (exact) mass is 367 g/mol. The Morgan fingerprint density at radius 3 is 2.44 bits per heavy atom. The van der Waals surface area contributed by atoms with Crippen molar-refractivity contribution >= 4 is 5.91 Å². The first-order chi connectivity index (χ1) is 13.2. The smallest absolute Gasteiger partial charge is 0.230 e. The number of hydrogen-bond donors (Lipinski definition) is 1. The van der Waals surface area contributed by atoms with Gasteiger partial charge >= 0.3 is 0 Å². The van der Waals surface area contributed by atoms with Gasteiger partial charge in [-0.3, -0.25) is 4.79 Å². The molecule has 2 aromatic rings. The topological polar surface area (TPSA) is 63.1 Å². The molecule has 1 saturated heterocycles. The predicted molar refractivity (Wildman–Crippen MR) is 104 cm³/mol. The average molecular weight is 367 g/mol. The minimum absolute atomic E-state index is 0.214. The first-order valence-corrected chi connectivity index (χ1v) is 10.1. The molecule has 0 unspecified atom stereocenters. The van der Waals surface area contributed by atoms with Crippen LogP contribution in [0.3, 0.4) is 0 Å². The molecule has 1 aromatic carbocycles. The molecule has 1 amide bonds. The molecular weight excluding hydrogens is 338 g/mol. The van der Waals surface area contributed by atoms with Crippen molar-refractivity contribution in [3.05, 3.63) is 48.5 Å². The zero-order valence-electron chi connectivity index (χ0n) is 16.1. The van der Waals surface area contributed by atoms with Gasteiger partial charge in [0.25, 0.3) is 0 Å². The molecule has 2 heterocycles. The van der Waals surface area contributed by atoms with Crippen molar-refractivity contribution < 1.29 is 4.79 Å². The van der Waals surface area contributed by atoms with E-state index in [1.165, 1.54) is 0 Å². The molecule has 2 fully saturated rings. The summed E-state index contributed by atoms with van der Waals surface area (Å²) >= 11 is 0. The Bertz CT molecular complexity index is 729. The summed E-state index contributed by atoms with van der Waals surface area (Å²) in [6.45, 7) is 1.92. The Labute approximate surface area is 161 Å². The van der Waals surface area contributed by atoms with Crippen LogP contribution in [0.2, 0.25) is 0 Å². The van der Waals surface area contributed by atoms with Crippen molar-refractivity contribution in [1.82, 2.24) is 25.0 Å². The first kappa shape index (κ1) is 18.2. The van der Waals surface area contributed by atoms with Crippen LogP contribution >= 0.6 is 0 Å². The van der Waals surface area contributed by atoms with Crippen LogP contribution in [0.15, 0.2) is 43.0 Å². The fraction of sp³-hybridized carbons (Fsp3) is 0.571. The van der Waals surface area contributed by atoms with Crippen molar-refractivity contribution in [1.29, 1.82) is 0 Å². The fourth-order valence-corrected chi connectivity index (χ4v) is 4.62. The van der Waals surface area contributed by atoms with E-state index in [2.05, 4.69) is 39.5 Å². The number of rotatable bonds is 4. The summed E-state index contributed by atoms with van der Waals surface area (Å²) < 4.78 is 1.96. The molecule has 144 valence electrons. The molecule has 27 heavy (non-hydrogen) atoms. The van der Waals surface area contributed by atoms with Gasteiger partial charge in [-0.25, -0.2) is 9.67 Å². The standard InChI is InChI=1S/C21H29N5O/c1-25-13-11-21(12-14-25,17-5-3-2-4-6-17)20(27)24-18-7-9-19(10-8-18)26-16-22-15-23-26/h2-6,15-16,18-19H,7-14H2,1H3,(H,24,27). The van der Waals surface area contributed by atoms with E-state index in [1.807, 2.05) is 22.9 Å². The average Bonchev–Trinajstić information content (AvgIpc) is 3.25. The highest BCUT2D eigenvalue weighted by atomic mass is 16.2. The highest BCUT2D eigenvalue weighted by Gasteiger charge is 2.43. The van der Waals surface area contributed by atoms with Gasteiger partial charge in [-0.2, -0.15) is 5.10 Å². The molecular formula is C21H29N5O. The number of piperidine rings is 1. The molecule has 6 nitrogen and oxygen atoms in total. The normalized spacial score (nSPS) is 25.8. The second kappa shape index (κ2) is 7.80. The lowest BCUT2D eigenvalue weighted by molar-refractivity contribution is -0.129. The number of benzene rings is 1. The number of amides is 1.